The Morgan fingerprint density at radius 2 is 2.05 bits per heavy atom. The highest BCUT2D eigenvalue weighted by molar-refractivity contribution is 9.10. The van der Waals surface area contributed by atoms with Crippen LogP contribution in [0.5, 0.6) is 0 Å². The van der Waals surface area contributed by atoms with Crippen LogP contribution >= 0.6 is 15.9 Å². The van der Waals surface area contributed by atoms with Crippen molar-refractivity contribution in [2.75, 3.05) is 13.1 Å². The second kappa shape index (κ2) is 5.11. The number of hydrogen-bond donors (Lipinski definition) is 0. The van der Waals surface area contributed by atoms with E-state index in [1.807, 2.05) is 0 Å². The molecule has 7 heteroatoms. The molecule has 0 radical (unpaired) electrons. The van der Waals surface area contributed by atoms with Gasteiger partial charge in [0, 0.05) is 11.0 Å². The Labute approximate surface area is 115 Å². The highest BCUT2D eigenvalue weighted by atomic mass is 79.9. The van der Waals surface area contributed by atoms with E-state index in [2.05, 4.69) is 15.9 Å². The van der Waals surface area contributed by atoms with Crippen LogP contribution in [0.4, 0.5) is 17.6 Å². The van der Waals surface area contributed by atoms with Gasteiger partial charge in [0.15, 0.2) is 0 Å². The van der Waals surface area contributed by atoms with Gasteiger partial charge in [-0.25, -0.2) is 4.39 Å². The summed E-state index contributed by atoms with van der Waals surface area (Å²) in [5.41, 5.74) is -0.987. The molecule has 1 saturated heterocycles. The van der Waals surface area contributed by atoms with Gasteiger partial charge < -0.3 is 4.90 Å². The Hall–Kier alpha value is -1.11. The average molecular weight is 340 g/mol. The number of carbonyl (C=O) groups excluding carboxylic acids is 1. The second-order valence-corrected chi connectivity index (χ2v) is 5.18. The predicted molar refractivity (Wildman–Crippen MR) is 64.6 cm³/mol. The third-order valence-corrected chi connectivity index (χ3v) is 3.63. The number of amides is 1. The molecule has 0 aromatic heterocycles. The van der Waals surface area contributed by atoms with Gasteiger partial charge in [-0.1, -0.05) is 0 Å². The molecule has 19 heavy (non-hydrogen) atoms. The first-order valence-corrected chi connectivity index (χ1v) is 6.38. The predicted octanol–water partition coefficient (Wildman–Crippen LogP) is 3.65. The molecule has 2 nitrogen and oxygen atoms in total. The maximum Gasteiger partial charge on any atom is 0.416 e. The lowest BCUT2D eigenvalue weighted by molar-refractivity contribution is -0.137. The zero-order valence-corrected chi connectivity index (χ0v) is 11.3. The van der Waals surface area contributed by atoms with Crippen LogP contribution in [-0.2, 0) is 6.18 Å². The number of carbonyl (C=O) groups is 1. The van der Waals surface area contributed by atoms with Gasteiger partial charge in [-0.3, -0.25) is 4.79 Å². The van der Waals surface area contributed by atoms with E-state index >= 15 is 0 Å². The number of rotatable bonds is 1. The van der Waals surface area contributed by atoms with E-state index in [9.17, 15) is 22.4 Å². The minimum atomic E-state index is -4.51. The van der Waals surface area contributed by atoms with Crippen molar-refractivity contribution in [1.82, 2.24) is 4.90 Å². The van der Waals surface area contributed by atoms with Crippen molar-refractivity contribution in [2.24, 2.45) is 0 Å². The first-order chi connectivity index (χ1) is 8.79. The zero-order chi connectivity index (χ0) is 14.2. The Balaban J connectivity index is 2.31. The van der Waals surface area contributed by atoms with Crippen molar-refractivity contribution in [3.8, 4) is 0 Å². The van der Waals surface area contributed by atoms with Gasteiger partial charge in [0.2, 0.25) is 0 Å². The molecule has 1 aromatic carbocycles. The number of halogens is 5. The number of likely N-dealkylation sites (tertiary alicyclic amines) is 1. The highest BCUT2D eigenvalue weighted by Crippen LogP contribution is 2.32. The maximum atomic E-state index is 13.0. The maximum absolute atomic E-state index is 13.0. The summed E-state index contributed by atoms with van der Waals surface area (Å²) < 4.78 is 51.1. The van der Waals surface area contributed by atoms with Gasteiger partial charge in [-0.2, -0.15) is 13.2 Å². The summed E-state index contributed by atoms with van der Waals surface area (Å²) in [5, 5.41) is 0. The normalized spacial score (nSPS) is 19.8. The van der Waals surface area contributed by atoms with Crippen molar-refractivity contribution < 1.29 is 22.4 Å². The zero-order valence-electron chi connectivity index (χ0n) is 9.68. The number of alkyl halides is 4. The molecule has 0 bridgehead atoms. The first-order valence-electron chi connectivity index (χ1n) is 5.59. The molecule has 0 saturated carbocycles. The van der Waals surface area contributed by atoms with Crippen LogP contribution in [-0.4, -0.2) is 30.1 Å². The Bertz CT molecular complexity index is 503. The summed E-state index contributed by atoms with van der Waals surface area (Å²) in [6.07, 6.45) is -5.39. The van der Waals surface area contributed by atoms with E-state index in [4.69, 9.17) is 0 Å². The van der Waals surface area contributed by atoms with Crippen molar-refractivity contribution >= 4 is 21.8 Å². The molecule has 1 aliphatic rings. The smallest absolute Gasteiger partial charge is 0.336 e. The van der Waals surface area contributed by atoms with Gasteiger partial charge in [-0.05, 0) is 40.5 Å². The third-order valence-electron chi connectivity index (χ3n) is 2.94. The standard InChI is InChI=1S/C12H10BrF4NO/c13-10-2-1-7(12(15,16)17)5-9(10)11(19)18-4-3-8(14)6-18/h1-2,5,8H,3-4,6H2/t8-/m1/s1. The number of hydrogen-bond acceptors (Lipinski definition) is 1. The quantitative estimate of drug-likeness (QED) is 0.715. The summed E-state index contributed by atoms with van der Waals surface area (Å²) in [4.78, 5) is 13.3. The second-order valence-electron chi connectivity index (χ2n) is 4.33. The van der Waals surface area contributed by atoms with Crippen LogP contribution in [0, 0.1) is 0 Å². The summed E-state index contributed by atoms with van der Waals surface area (Å²) in [5.74, 6) is -0.585. The largest absolute Gasteiger partial charge is 0.416 e. The van der Waals surface area contributed by atoms with Crippen LogP contribution in [0.1, 0.15) is 22.3 Å². The van der Waals surface area contributed by atoms with Gasteiger partial charge in [0.25, 0.3) is 5.91 Å². The van der Waals surface area contributed by atoms with Crippen molar-refractivity contribution in [3.63, 3.8) is 0 Å². The van der Waals surface area contributed by atoms with E-state index in [1.165, 1.54) is 11.0 Å². The molecular formula is C12H10BrF4NO. The molecule has 1 amide bonds. The first kappa shape index (κ1) is 14.3. The Kier molecular flexibility index (Phi) is 3.85. The fourth-order valence-corrected chi connectivity index (χ4v) is 2.35. The average Bonchev–Trinajstić information content (AvgIpc) is 2.74. The van der Waals surface area contributed by atoms with E-state index < -0.39 is 23.8 Å². The van der Waals surface area contributed by atoms with Gasteiger partial charge >= 0.3 is 6.18 Å². The van der Waals surface area contributed by atoms with Crippen molar-refractivity contribution in [2.45, 2.75) is 18.8 Å². The highest BCUT2D eigenvalue weighted by Gasteiger charge is 2.33. The molecule has 1 fully saturated rings. The minimum absolute atomic E-state index is 0.0679. The molecular weight excluding hydrogens is 330 g/mol. The van der Waals surface area contributed by atoms with E-state index in [0.29, 0.717) is 0 Å². The van der Waals surface area contributed by atoms with Gasteiger partial charge in [0.1, 0.15) is 6.17 Å². The topological polar surface area (TPSA) is 20.3 Å². The van der Waals surface area contributed by atoms with Crippen LogP contribution in [0.3, 0.4) is 0 Å². The lowest BCUT2D eigenvalue weighted by atomic mass is 10.1. The van der Waals surface area contributed by atoms with Gasteiger partial charge in [0.05, 0.1) is 17.7 Å². The lowest BCUT2D eigenvalue weighted by Crippen LogP contribution is -2.29. The Morgan fingerprint density at radius 3 is 2.58 bits per heavy atom. The SMILES string of the molecule is O=C(c1cc(C(F)(F)F)ccc1Br)N1CC[C@@H](F)C1. The molecule has 2 rings (SSSR count). The summed E-state index contributed by atoms with van der Waals surface area (Å²) in [6.45, 7) is 0.157. The van der Waals surface area contributed by atoms with Crippen LogP contribution < -0.4 is 0 Å². The third kappa shape index (κ3) is 3.08. The fourth-order valence-electron chi connectivity index (χ4n) is 1.94. The summed E-state index contributed by atoms with van der Waals surface area (Å²) in [7, 11) is 0. The summed E-state index contributed by atoms with van der Waals surface area (Å²) in [6, 6.07) is 2.86. The Morgan fingerprint density at radius 1 is 1.37 bits per heavy atom. The van der Waals surface area contributed by atoms with E-state index in [0.717, 1.165) is 12.1 Å². The van der Waals surface area contributed by atoms with Crippen molar-refractivity contribution in [1.29, 1.82) is 0 Å². The molecule has 0 aliphatic carbocycles. The van der Waals surface area contributed by atoms with Crippen molar-refractivity contribution in [3.05, 3.63) is 33.8 Å². The molecule has 1 aliphatic heterocycles. The molecule has 104 valence electrons. The summed E-state index contributed by atoms with van der Waals surface area (Å²) >= 11 is 3.05. The molecule has 1 atom stereocenters. The minimum Gasteiger partial charge on any atom is -0.336 e. The van der Waals surface area contributed by atoms with Crippen LogP contribution in [0.25, 0.3) is 0 Å². The fraction of sp³-hybridized carbons (Fsp3) is 0.417. The number of nitrogens with zero attached hydrogens (tertiary/aromatic N) is 1. The molecule has 1 heterocycles. The molecule has 0 N–H and O–H groups in total. The lowest BCUT2D eigenvalue weighted by Gasteiger charge is -2.17. The van der Waals surface area contributed by atoms with E-state index in [-0.39, 0.29) is 29.5 Å². The molecule has 1 aromatic rings. The van der Waals surface area contributed by atoms with Gasteiger partial charge in [-0.15, -0.1) is 0 Å². The monoisotopic (exact) mass is 339 g/mol. The van der Waals surface area contributed by atoms with Crippen LogP contribution in [0.2, 0.25) is 0 Å². The number of benzene rings is 1. The van der Waals surface area contributed by atoms with E-state index in [1.54, 1.807) is 0 Å². The molecule has 0 unspecified atom stereocenters. The van der Waals surface area contributed by atoms with Crippen LogP contribution in [0.15, 0.2) is 22.7 Å². The molecule has 0 spiro atoms.